The van der Waals surface area contributed by atoms with Crippen molar-refractivity contribution >= 4 is 0 Å². The van der Waals surface area contributed by atoms with Gasteiger partial charge in [-0.3, -0.25) is 4.98 Å². The molecule has 0 aliphatic carbocycles. The van der Waals surface area contributed by atoms with Gasteiger partial charge in [-0.1, -0.05) is 12.1 Å². The number of aromatic nitrogens is 1. The number of hydrogen-bond donors (Lipinski definition) is 0. The van der Waals surface area contributed by atoms with E-state index in [-0.39, 0.29) is 0 Å². The molecule has 0 saturated carbocycles. The zero-order valence-corrected chi connectivity index (χ0v) is 14.9. The molecule has 0 unspecified atom stereocenters. The van der Waals surface area contributed by atoms with Gasteiger partial charge >= 0.3 is 0 Å². The highest BCUT2D eigenvalue weighted by atomic mass is 16.5. The Kier molecular flexibility index (Phi) is 4.88. The molecule has 4 rings (SSSR count). The number of methoxy groups -OCH3 is 1. The number of likely N-dealkylation sites (tertiary alicyclic amines) is 1. The summed E-state index contributed by atoms with van der Waals surface area (Å²) in [5.74, 6) is 3.11. The Balaban J connectivity index is 1.33. The van der Waals surface area contributed by atoms with E-state index in [2.05, 4.69) is 34.1 Å². The highest BCUT2D eigenvalue weighted by molar-refractivity contribution is 5.49. The largest absolute Gasteiger partial charge is 0.496 e. The average Bonchev–Trinajstić information content (AvgIpc) is 3.08. The van der Waals surface area contributed by atoms with Gasteiger partial charge in [-0.05, 0) is 50.1 Å². The minimum atomic E-state index is 0.538. The second-order valence-electron chi connectivity index (χ2n) is 7.09. The van der Waals surface area contributed by atoms with Crippen molar-refractivity contribution in [2.24, 2.45) is 5.92 Å². The van der Waals surface area contributed by atoms with E-state index < -0.39 is 0 Å². The standard InChI is InChI=1S/C21H26N2O2/c1-24-19-9-6-10-20-21(19)18-14-23(13-16(18)15-25-20)12-5-3-8-17-7-2-4-11-22-17/h2,4,6-7,9-11,16,18H,3,5,8,12-15H2,1H3/t16-,18+/m0/s1. The Morgan fingerprint density at radius 3 is 2.96 bits per heavy atom. The van der Waals surface area contributed by atoms with Crippen LogP contribution >= 0.6 is 0 Å². The number of unbranched alkanes of at least 4 members (excludes halogenated alkanes) is 1. The third-order valence-electron chi connectivity index (χ3n) is 5.47. The number of fused-ring (bicyclic) bond motifs is 3. The molecule has 0 bridgehead atoms. The van der Waals surface area contributed by atoms with Crippen LogP contribution < -0.4 is 9.47 Å². The maximum absolute atomic E-state index is 6.00. The monoisotopic (exact) mass is 338 g/mol. The summed E-state index contributed by atoms with van der Waals surface area (Å²) in [7, 11) is 1.75. The number of pyridine rings is 1. The first kappa shape index (κ1) is 16.4. The maximum atomic E-state index is 6.00. The molecule has 2 aliphatic heterocycles. The van der Waals surface area contributed by atoms with Crippen LogP contribution in [0.5, 0.6) is 11.5 Å². The van der Waals surface area contributed by atoms with Gasteiger partial charge in [-0.2, -0.15) is 0 Å². The van der Waals surface area contributed by atoms with E-state index in [0.717, 1.165) is 44.2 Å². The molecule has 0 spiro atoms. The summed E-state index contributed by atoms with van der Waals surface area (Å²) < 4.78 is 11.6. The zero-order valence-electron chi connectivity index (χ0n) is 14.9. The SMILES string of the molecule is COc1cccc2c1[C@@H]1CN(CCCCc3ccccn3)C[C@H]1CO2. The Hall–Kier alpha value is -2.07. The van der Waals surface area contributed by atoms with Gasteiger partial charge in [-0.25, -0.2) is 0 Å². The molecule has 0 amide bonds. The van der Waals surface area contributed by atoms with Crippen molar-refractivity contribution in [3.8, 4) is 11.5 Å². The number of nitrogens with zero attached hydrogens (tertiary/aromatic N) is 2. The lowest BCUT2D eigenvalue weighted by Gasteiger charge is -2.29. The van der Waals surface area contributed by atoms with Crippen LogP contribution in [0.1, 0.15) is 30.0 Å². The van der Waals surface area contributed by atoms with E-state index in [1.807, 2.05) is 18.3 Å². The molecule has 25 heavy (non-hydrogen) atoms. The number of rotatable bonds is 6. The molecule has 2 aromatic rings. The molecule has 2 atom stereocenters. The molecule has 132 valence electrons. The predicted octanol–water partition coefficient (Wildman–Crippen LogP) is 3.52. The molecule has 0 N–H and O–H groups in total. The number of ether oxygens (including phenoxy) is 2. The smallest absolute Gasteiger partial charge is 0.126 e. The van der Waals surface area contributed by atoms with Crippen LogP contribution in [0, 0.1) is 5.92 Å². The minimum absolute atomic E-state index is 0.538. The summed E-state index contributed by atoms with van der Waals surface area (Å²) in [6, 6.07) is 12.3. The Morgan fingerprint density at radius 1 is 1.16 bits per heavy atom. The van der Waals surface area contributed by atoms with Crippen molar-refractivity contribution in [1.29, 1.82) is 0 Å². The van der Waals surface area contributed by atoms with Crippen molar-refractivity contribution in [2.45, 2.75) is 25.2 Å². The fraction of sp³-hybridized carbons (Fsp3) is 0.476. The Bertz CT molecular complexity index is 690. The van der Waals surface area contributed by atoms with Crippen molar-refractivity contribution < 1.29 is 9.47 Å². The quantitative estimate of drug-likeness (QED) is 0.755. The maximum Gasteiger partial charge on any atom is 0.126 e. The van der Waals surface area contributed by atoms with E-state index >= 15 is 0 Å². The first-order valence-corrected chi connectivity index (χ1v) is 9.27. The molecule has 0 radical (unpaired) electrons. The van der Waals surface area contributed by atoms with Gasteiger partial charge in [0, 0.05) is 42.4 Å². The van der Waals surface area contributed by atoms with Gasteiger partial charge in [0.15, 0.2) is 0 Å². The first-order chi connectivity index (χ1) is 12.3. The molecule has 3 heterocycles. The van der Waals surface area contributed by atoms with Crippen molar-refractivity contribution in [3.63, 3.8) is 0 Å². The lowest BCUT2D eigenvalue weighted by atomic mass is 9.86. The van der Waals surface area contributed by atoms with Gasteiger partial charge in [-0.15, -0.1) is 0 Å². The average molecular weight is 338 g/mol. The van der Waals surface area contributed by atoms with E-state index in [9.17, 15) is 0 Å². The topological polar surface area (TPSA) is 34.6 Å². The molecular weight excluding hydrogens is 312 g/mol. The first-order valence-electron chi connectivity index (χ1n) is 9.27. The van der Waals surface area contributed by atoms with Gasteiger partial charge < -0.3 is 14.4 Å². The van der Waals surface area contributed by atoms with Gasteiger partial charge in [0.1, 0.15) is 11.5 Å². The molecule has 1 aromatic carbocycles. The van der Waals surface area contributed by atoms with Crippen LogP contribution in [0.2, 0.25) is 0 Å². The van der Waals surface area contributed by atoms with Crippen LogP contribution in [0.15, 0.2) is 42.6 Å². The van der Waals surface area contributed by atoms with Crippen LogP contribution in [-0.4, -0.2) is 43.2 Å². The van der Waals surface area contributed by atoms with Crippen LogP contribution in [-0.2, 0) is 6.42 Å². The lowest BCUT2D eigenvalue weighted by Crippen LogP contribution is -2.25. The summed E-state index contributed by atoms with van der Waals surface area (Å²) in [5.41, 5.74) is 2.47. The highest BCUT2D eigenvalue weighted by Crippen LogP contribution is 2.45. The zero-order chi connectivity index (χ0) is 17.1. The van der Waals surface area contributed by atoms with Crippen LogP contribution in [0.25, 0.3) is 0 Å². The number of aryl methyl sites for hydroxylation is 1. The Morgan fingerprint density at radius 2 is 2.12 bits per heavy atom. The second-order valence-corrected chi connectivity index (χ2v) is 7.09. The number of benzene rings is 1. The third-order valence-corrected chi connectivity index (χ3v) is 5.47. The van der Waals surface area contributed by atoms with Crippen molar-refractivity contribution in [1.82, 2.24) is 9.88 Å². The molecule has 1 aromatic heterocycles. The summed E-state index contributed by atoms with van der Waals surface area (Å²) in [4.78, 5) is 7.00. The fourth-order valence-electron chi connectivity index (χ4n) is 4.22. The molecule has 4 nitrogen and oxygen atoms in total. The molecule has 1 fully saturated rings. The summed E-state index contributed by atoms with van der Waals surface area (Å²) in [6.45, 7) is 4.23. The molecule has 1 saturated heterocycles. The molecule has 2 aliphatic rings. The van der Waals surface area contributed by atoms with Gasteiger partial charge in [0.25, 0.3) is 0 Å². The van der Waals surface area contributed by atoms with Crippen LogP contribution in [0.3, 0.4) is 0 Å². The minimum Gasteiger partial charge on any atom is -0.496 e. The lowest BCUT2D eigenvalue weighted by molar-refractivity contribution is 0.209. The number of hydrogen-bond acceptors (Lipinski definition) is 4. The predicted molar refractivity (Wildman–Crippen MR) is 98.3 cm³/mol. The summed E-state index contributed by atoms with van der Waals surface area (Å²) in [5, 5.41) is 0. The second kappa shape index (κ2) is 7.44. The van der Waals surface area contributed by atoms with Gasteiger partial charge in [0.2, 0.25) is 0 Å². The van der Waals surface area contributed by atoms with E-state index in [1.54, 1.807) is 7.11 Å². The fourth-order valence-corrected chi connectivity index (χ4v) is 4.22. The van der Waals surface area contributed by atoms with E-state index in [1.165, 1.54) is 24.1 Å². The van der Waals surface area contributed by atoms with E-state index in [4.69, 9.17) is 9.47 Å². The third kappa shape index (κ3) is 3.49. The summed E-state index contributed by atoms with van der Waals surface area (Å²) in [6.07, 6.45) is 5.36. The summed E-state index contributed by atoms with van der Waals surface area (Å²) >= 11 is 0. The normalized spacial score (nSPS) is 22.1. The molecule has 4 heteroatoms. The van der Waals surface area contributed by atoms with Gasteiger partial charge in [0.05, 0.1) is 13.7 Å². The van der Waals surface area contributed by atoms with Crippen molar-refractivity contribution in [3.05, 3.63) is 53.9 Å². The molecular formula is C21H26N2O2. The highest BCUT2D eigenvalue weighted by Gasteiger charge is 2.40. The van der Waals surface area contributed by atoms with Crippen molar-refractivity contribution in [2.75, 3.05) is 33.4 Å². The van der Waals surface area contributed by atoms with Crippen LogP contribution in [0.4, 0.5) is 0 Å². The Labute approximate surface area is 149 Å². The van der Waals surface area contributed by atoms with E-state index in [0.29, 0.717) is 11.8 Å².